The maximum absolute atomic E-state index is 12.6. The molecule has 160 valence electrons. The van der Waals surface area contributed by atoms with Gasteiger partial charge in [0.05, 0.1) is 11.5 Å². The van der Waals surface area contributed by atoms with Crippen LogP contribution in [0.5, 0.6) is 0 Å². The number of carbonyl (C=O) groups is 2. The van der Waals surface area contributed by atoms with Crippen molar-refractivity contribution in [2.24, 2.45) is 0 Å². The molecule has 1 saturated heterocycles. The highest BCUT2D eigenvalue weighted by Gasteiger charge is 2.28. The molecule has 1 unspecified atom stereocenters. The van der Waals surface area contributed by atoms with Crippen LogP contribution in [0.3, 0.4) is 0 Å². The van der Waals surface area contributed by atoms with Crippen molar-refractivity contribution in [3.05, 3.63) is 66.7 Å². The van der Waals surface area contributed by atoms with Crippen molar-refractivity contribution in [3.8, 4) is 5.69 Å². The summed E-state index contributed by atoms with van der Waals surface area (Å²) in [5, 5.41) is 15.6. The van der Waals surface area contributed by atoms with Crippen LogP contribution in [-0.2, 0) is 9.84 Å². The third kappa shape index (κ3) is 5.25. The van der Waals surface area contributed by atoms with Crippen molar-refractivity contribution < 1.29 is 18.0 Å². The van der Waals surface area contributed by atoms with Crippen LogP contribution in [0.15, 0.2) is 61.2 Å². The summed E-state index contributed by atoms with van der Waals surface area (Å²) in [5.74, 6) is -0.310. The van der Waals surface area contributed by atoms with Gasteiger partial charge in [0.15, 0.2) is 9.84 Å². The smallest absolute Gasteiger partial charge is 0.319 e. The number of nitrogens with one attached hydrogen (secondary N) is 3. The predicted molar refractivity (Wildman–Crippen MR) is 115 cm³/mol. The lowest BCUT2D eigenvalue weighted by atomic mass is 10.1. The molecule has 3 aromatic rings. The lowest BCUT2D eigenvalue weighted by Gasteiger charge is -2.13. The molecule has 1 aliphatic rings. The summed E-state index contributed by atoms with van der Waals surface area (Å²) in [5.41, 5.74) is 2.26. The monoisotopic (exact) mass is 440 g/mol. The van der Waals surface area contributed by atoms with Gasteiger partial charge in [-0.05, 0) is 48.9 Å². The Kier molecular flexibility index (Phi) is 5.67. The topological polar surface area (TPSA) is 135 Å². The van der Waals surface area contributed by atoms with Gasteiger partial charge in [-0.1, -0.05) is 6.07 Å². The largest absolute Gasteiger partial charge is 0.334 e. The molecule has 0 bridgehead atoms. The van der Waals surface area contributed by atoms with Crippen molar-refractivity contribution in [2.45, 2.75) is 12.5 Å². The molecule has 3 amide bonds. The number of anilines is 2. The SMILES string of the molecule is O=C(Nc1cccc(C(=O)Nc2ccc(-n3cnnc3)cc2)c1)NC1CCS(=O)(=O)C1. The van der Waals surface area contributed by atoms with Crippen LogP contribution in [0.4, 0.5) is 16.2 Å². The van der Waals surface area contributed by atoms with E-state index in [0.717, 1.165) is 5.69 Å². The average molecular weight is 440 g/mol. The van der Waals surface area contributed by atoms with E-state index < -0.39 is 21.9 Å². The predicted octanol–water partition coefficient (Wildman–Crippen LogP) is 1.83. The second-order valence-corrected chi connectivity index (χ2v) is 9.38. The third-order valence-corrected chi connectivity index (χ3v) is 6.56. The van der Waals surface area contributed by atoms with Crippen molar-refractivity contribution in [1.29, 1.82) is 0 Å². The maximum atomic E-state index is 12.6. The van der Waals surface area contributed by atoms with Crippen LogP contribution >= 0.6 is 0 Å². The van der Waals surface area contributed by atoms with Crippen molar-refractivity contribution in [1.82, 2.24) is 20.1 Å². The summed E-state index contributed by atoms with van der Waals surface area (Å²) in [6.45, 7) is 0. The molecule has 1 aromatic heterocycles. The van der Waals surface area contributed by atoms with E-state index in [1.807, 2.05) is 12.1 Å². The summed E-state index contributed by atoms with van der Waals surface area (Å²) in [6.07, 6.45) is 3.55. The fourth-order valence-corrected chi connectivity index (χ4v) is 4.93. The van der Waals surface area contributed by atoms with E-state index in [-0.39, 0.29) is 17.4 Å². The van der Waals surface area contributed by atoms with E-state index in [2.05, 4.69) is 26.1 Å². The Morgan fingerprint density at radius 3 is 2.39 bits per heavy atom. The first-order valence-electron chi connectivity index (χ1n) is 9.52. The minimum atomic E-state index is -3.08. The zero-order valence-corrected chi connectivity index (χ0v) is 17.2. The highest BCUT2D eigenvalue weighted by molar-refractivity contribution is 7.91. The van der Waals surface area contributed by atoms with E-state index >= 15 is 0 Å². The second-order valence-electron chi connectivity index (χ2n) is 7.15. The molecule has 0 radical (unpaired) electrons. The summed E-state index contributed by atoms with van der Waals surface area (Å²) >= 11 is 0. The summed E-state index contributed by atoms with van der Waals surface area (Å²) in [7, 11) is -3.08. The number of amides is 3. The Bertz CT molecular complexity index is 1190. The first-order valence-corrected chi connectivity index (χ1v) is 11.3. The number of carbonyl (C=O) groups excluding carboxylic acids is 2. The van der Waals surface area contributed by atoms with E-state index in [1.165, 1.54) is 0 Å². The fourth-order valence-electron chi connectivity index (χ4n) is 3.25. The lowest BCUT2D eigenvalue weighted by Crippen LogP contribution is -2.38. The number of rotatable bonds is 5. The molecule has 2 aromatic carbocycles. The molecule has 4 rings (SSSR count). The first-order chi connectivity index (χ1) is 14.9. The highest BCUT2D eigenvalue weighted by Crippen LogP contribution is 2.16. The number of aromatic nitrogens is 3. The summed E-state index contributed by atoms with van der Waals surface area (Å²) in [4.78, 5) is 24.7. The molecule has 0 spiro atoms. The van der Waals surface area contributed by atoms with E-state index in [4.69, 9.17) is 0 Å². The Morgan fingerprint density at radius 1 is 0.968 bits per heavy atom. The molecule has 11 heteroatoms. The average Bonchev–Trinajstić information content (AvgIpc) is 3.38. The molecule has 10 nitrogen and oxygen atoms in total. The van der Waals surface area contributed by atoms with Gasteiger partial charge in [-0.15, -0.1) is 10.2 Å². The minimum Gasteiger partial charge on any atom is -0.334 e. The highest BCUT2D eigenvalue weighted by atomic mass is 32.2. The van der Waals surface area contributed by atoms with Gasteiger partial charge in [0.25, 0.3) is 5.91 Å². The summed E-state index contributed by atoms with van der Waals surface area (Å²) in [6, 6.07) is 12.7. The molecule has 0 saturated carbocycles. The molecule has 2 heterocycles. The van der Waals surface area contributed by atoms with Gasteiger partial charge >= 0.3 is 6.03 Å². The van der Waals surface area contributed by atoms with Gasteiger partial charge < -0.3 is 16.0 Å². The van der Waals surface area contributed by atoms with E-state index in [1.54, 1.807) is 53.6 Å². The molecule has 0 aliphatic carbocycles. The molecule has 1 aliphatic heterocycles. The normalized spacial score (nSPS) is 17.1. The number of hydrogen-bond acceptors (Lipinski definition) is 6. The Morgan fingerprint density at radius 2 is 1.71 bits per heavy atom. The molecule has 1 atom stereocenters. The molecule has 1 fully saturated rings. The van der Waals surface area contributed by atoms with Gasteiger partial charge in [0.1, 0.15) is 12.7 Å². The minimum absolute atomic E-state index is 0.0565. The van der Waals surface area contributed by atoms with E-state index in [0.29, 0.717) is 23.4 Å². The summed E-state index contributed by atoms with van der Waals surface area (Å²) < 4.78 is 24.8. The van der Waals surface area contributed by atoms with Crippen LogP contribution in [-0.4, -0.2) is 52.7 Å². The van der Waals surface area contributed by atoms with Crippen molar-refractivity contribution in [2.75, 3.05) is 22.1 Å². The van der Waals surface area contributed by atoms with Crippen LogP contribution in [0.1, 0.15) is 16.8 Å². The number of urea groups is 1. The molecular weight excluding hydrogens is 420 g/mol. The van der Waals surface area contributed by atoms with E-state index in [9.17, 15) is 18.0 Å². The van der Waals surface area contributed by atoms with Gasteiger partial charge in [-0.2, -0.15) is 0 Å². The quantitative estimate of drug-likeness (QED) is 0.554. The van der Waals surface area contributed by atoms with Gasteiger partial charge in [0, 0.05) is 28.7 Å². The second kappa shape index (κ2) is 8.56. The van der Waals surface area contributed by atoms with Gasteiger partial charge in [-0.25, -0.2) is 13.2 Å². The van der Waals surface area contributed by atoms with Crippen molar-refractivity contribution in [3.63, 3.8) is 0 Å². The van der Waals surface area contributed by atoms with Crippen molar-refractivity contribution >= 4 is 33.2 Å². The van der Waals surface area contributed by atoms with Gasteiger partial charge in [0.2, 0.25) is 0 Å². The third-order valence-electron chi connectivity index (χ3n) is 4.79. The van der Waals surface area contributed by atoms with Crippen LogP contribution in [0.2, 0.25) is 0 Å². The zero-order chi connectivity index (χ0) is 21.8. The van der Waals surface area contributed by atoms with Crippen LogP contribution < -0.4 is 16.0 Å². The van der Waals surface area contributed by atoms with Crippen LogP contribution in [0, 0.1) is 0 Å². The molecular formula is C20H20N6O4S. The zero-order valence-electron chi connectivity index (χ0n) is 16.4. The maximum Gasteiger partial charge on any atom is 0.319 e. The molecule has 3 N–H and O–H groups in total. The Hall–Kier alpha value is -3.73. The Labute approximate surface area is 178 Å². The number of sulfone groups is 1. The molecule has 31 heavy (non-hydrogen) atoms. The van der Waals surface area contributed by atoms with Gasteiger partial charge in [-0.3, -0.25) is 9.36 Å². The fraction of sp³-hybridized carbons (Fsp3) is 0.200. The first kappa shape index (κ1) is 20.5. The number of nitrogens with zero attached hydrogens (tertiary/aromatic N) is 3. The standard InChI is InChI=1S/C20H20N6O4S/c27-19(23-15-4-6-18(7-5-15)26-12-21-22-13-26)14-2-1-3-16(10-14)24-20(28)25-17-8-9-31(29,30)11-17/h1-7,10,12-13,17H,8-9,11H2,(H,23,27)(H2,24,25,28). The number of hydrogen-bond donors (Lipinski definition) is 3. The van der Waals surface area contributed by atoms with Crippen LogP contribution in [0.25, 0.3) is 5.69 Å². The Balaban J connectivity index is 1.36. The lowest BCUT2D eigenvalue weighted by molar-refractivity contribution is 0.102. The number of benzene rings is 2.